The zero-order valence-electron chi connectivity index (χ0n) is 13.2. The highest BCUT2D eigenvalue weighted by molar-refractivity contribution is 5.07. The lowest BCUT2D eigenvalue weighted by Crippen LogP contribution is -2.69. The van der Waals surface area contributed by atoms with Crippen molar-refractivity contribution >= 4 is 0 Å². The molecular weight excluding hydrogens is 238 g/mol. The number of piperidine rings is 1. The van der Waals surface area contributed by atoms with Crippen molar-refractivity contribution in [2.24, 2.45) is 5.41 Å². The van der Waals surface area contributed by atoms with Crippen molar-refractivity contribution in [3.63, 3.8) is 0 Å². The van der Waals surface area contributed by atoms with Gasteiger partial charge in [0.05, 0.1) is 13.2 Å². The van der Waals surface area contributed by atoms with Crippen molar-refractivity contribution < 1.29 is 9.47 Å². The molecule has 1 fully saturated rings. The minimum Gasteiger partial charge on any atom is -0.345 e. The van der Waals surface area contributed by atoms with Gasteiger partial charge >= 0.3 is 0 Å². The minimum atomic E-state index is -0.592. The van der Waals surface area contributed by atoms with Crippen LogP contribution < -0.4 is 0 Å². The van der Waals surface area contributed by atoms with Crippen molar-refractivity contribution in [3.05, 3.63) is 25.3 Å². The summed E-state index contributed by atoms with van der Waals surface area (Å²) in [5.41, 5.74) is -0.174. The summed E-state index contributed by atoms with van der Waals surface area (Å²) in [5, 5.41) is 0. The Balaban J connectivity index is 3.12. The first-order chi connectivity index (χ1) is 8.75. The van der Waals surface area contributed by atoms with E-state index in [1.807, 2.05) is 0 Å². The van der Waals surface area contributed by atoms with E-state index in [4.69, 9.17) is 9.47 Å². The second-order valence-electron chi connectivity index (χ2n) is 6.31. The Bertz CT molecular complexity index is 322. The summed E-state index contributed by atoms with van der Waals surface area (Å²) in [6, 6.07) is 0. The number of hydrogen-bond donors (Lipinski definition) is 0. The lowest BCUT2D eigenvalue weighted by molar-refractivity contribution is -0.328. The van der Waals surface area contributed by atoms with Gasteiger partial charge in [-0.25, -0.2) is 0 Å². The lowest BCUT2D eigenvalue weighted by atomic mass is 9.64. The molecule has 0 bridgehead atoms. The predicted molar refractivity (Wildman–Crippen MR) is 80.1 cm³/mol. The molecule has 0 atom stereocenters. The fourth-order valence-electron chi connectivity index (χ4n) is 2.78. The maximum Gasteiger partial charge on any atom is 0.177 e. The maximum absolute atomic E-state index is 6.11. The molecule has 3 nitrogen and oxygen atoms in total. The first kappa shape index (κ1) is 16.4. The van der Waals surface area contributed by atoms with Crippen LogP contribution in [-0.2, 0) is 9.47 Å². The summed E-state index contributed by atoms with van der Waals surface area (Å²) < 4.78 is 12.2. The molecule has 0 N–H and O–H groups in total. The lowest BCUT2D eigenvalue weighted by Gasteiger charge is -2.60. The summed E-state index contributed by atoms with van der Waals surface area (Å²) in [6.45, 7) is 18.4. The molecule has 0 spiro atoms. The average molecular weight is 267 g/mol. The van der Waals surface area contributed by atoms with Gasteiger partial charge in [0.2, 0.25) is 0 Å². The van der Waals surface area contributed by atoms with Crippen LogP contribution in [0.2, 0.25) is 0 Å². The fourth-order valence-corrected chi connectivity index (χ4v) is 2.78. The van der Waals surface area contributed by atoms with Crippen molar-refractivity contribution in [1.82, 2.24) is 4.90 Å². The zero-order valence-corrected chi connectivity index (χ0v) is 13.2. The van der Waals surface area contributed by atoms with Crippen molar-refractivity contribution in [2.75, 3.05) is 26.8 Å². The minimum absolute atomic E-state index is 0.0202. The molecule has 1 aliphatic heterocycles. The van der Waals surface area contributed by atoms with Gasteiger partial charge in [0.15, 0.2) is 5.79 Å². The molecule has 0 aliphatic carbocycles. The molecule has 0 saturated carbocycles. The second kappa shape index (κ2) is 5.78. The number of nitrogens with zero attached hydrogens (tertiary/aromatic N) is 1. The smallest absolute Gasteiger partial charge is 0.177 e. The fraction of sp³-hybridized carbons (Fsp3) is 0.750. The van der Waals surface area contributed by atoms with Gasteiger partial charge in [-0.3, -0.25) is 0 Å². The van der Waals surface area contributed by atoms with Gasteiger partial charge in [0.1, 0.15) is 0 Å². The van der Waals surface area contributed by atoms with Crippen LogP contribution in [0.5, 0.6) is 0 Å². The molecule has 0 radical (unpaired) electrons. The largest absolute Gasteiger partial charge is 0.345 e. The van der Waals surface area contributed by atoms with Crippen LogP contribution in [-0.4, -0.2) is 43.0 Å². The summed E-state index contributed by atoms with van der Waals surface area (Å²) in [4.78, 5) is 2.37. The molecule has 19 heavy (non-hydrogen) atoms. The van der Waals surface area contributed by atoms with E-state index in [1.54, 1.807) is 12.2 Å². The van der Waals surface area contributed by atoms with Crippen LogP contribution in [0, 0.1) is 5.41 Å². The third-order valence-corrected chi connectivity index (χ3v) is 5.08. The normalized spacial score (nSPS) is 24.9. The molecule has 3 heteroatoms. The molecule has 1 saturated heterocycles. The SMILES string of the molecule is C=CCOC1(OCC=C)CCN(C)C(C)(C)C1(C)C. The van der Waals surface area contributed by atoms with Gasteiger partial charge in [-0.05, 0) is 20.9 Å². The van der Waals surface area contributed by atoms with E-state index in [2.05, 4.69) is 52.8 Å². The average Bonchev–Trinajstić information content (AvgIpc) is 2.36. The molecule has 110 valence electrons. The number of hydrogen-bond acceptors (Lipinski definition) is 3. The number of ether oxygens (including phenoxy) is 2. The van der Waals surface area contributed by atoms with E-state index in [0.29, 0.717) is 13.2 Å². The molecule has 0 amide bonds. The van der Waals surface area contributed by atoms with Crippen LogP contribution in [0.4, 0.5) is 0 Å². The van der Waals surface area contributed by atoms with E-state index in [1.165, 1.54) is 0 Å². The third kappa shape index (κ3) is 2.64. The Labute approximate surface area is 118 Å². The highest BCUT2D eigenvalue weighted by Crippen LogP contribution is 2.51. The highest BCUT2D eigenvalue weighted by Gasteiger charge is 2.59. The van der Waals surface area contributed by atoms with Gasteiger partial charge in [0, 0.05) is 23.9 Å². The molecule has 0 aromatic rings. The Morgan fingerprint density at radius 1 is 1.05 bits per heavy atom. The molecule has 0 aromatic carbocycles. The summed E-state index contributed by atoms with van der Waals surface area (Å²) >= 11 is 0. The quantitative estimate of drug-likeness (QED) is 0.545. The van der Waals surface area contributed by atoms with Gasteiger partial charge in [0.25, 0.3) is 0 Å². The second-order valence-corrected chi connectivity index (χ2v) is 6.31. The Morgan fingerprint density at radius 2 is 1.53 bits per heavy atom. The summed E-state index contributed by atoms with van der Waals surface area (Å²) in [5.74, 6) is -0.592. The number of rotatable bonds is 6. The van der Waals surface area contributed by atoms with Crippen LogP contribution in [0.1, 0.15) is 34.1 Å². The van der Waals surface area contributed by atoms with Gasteiger partial charge in [-0.1, -0.05) is 26.0 Å². The Hall–Kier alpha value is -0.640. The van der Waals surface area contributed by atoms with Crippen LogP contribution >= 0.6 is 0 Å². The van der Waals surface area contributed by atoms with Gasteiger partial charge in [-0.2, -0.15) is 0 Å². The Kier molecular flexibility index (Phi) is 4.99. The van der Waals surface area contributed by atoms with Gasteiger partial charge < -0.3 is 14.4 Å². The summed E-state index contributed by atoms with van der Waals surface area (Å²) in [6.07, 6.45) is 4.41. The molecule has 0 unspecified atom stereocenters. The topological polar surface area (TPSA) is 21.7 Å². The highest BCUT2D eigenvalue weighted by atomic mass is 16.7. The molecule has 1 aliphatic rings. The molecule has 1 heterocycles. The van der Waals surface area contributed by atoms with Crippen molar-refractivity contribution in [2.45, 2.75) is 45.4 Å². The van der Waals surface area contributed by atoms with Crippen LogP contribution in [0.25, 0.3) is 0 Å². The molecular formula is C16H29NO2. The predicted octanol–water partition coefficient (Wildman–Crippen LogP) is 3.23. The zero-order chi connectivity index (χ0) is 14.7. The maximum atomic E-state index is 6.11. The van der Waals surface area contributed by atoms with E-state index in [-0.39, 0.29) is 11.0 Å². The summed E-state index contributed by atoms with van der Waals surface area (Å²) in [7, 11) is 2.16. The van der Waals surface area contributed by atoms with Crippen LogP contribution in [0.15, 0.2) is 25.3 Å². The van der Waals surface area contributed by atoms with E-state index in [9.17, 15) is 0 Å². The standard InChI is InChI=1S/C16H29NO2/c1-8-12-18-16(19-13-9-2)10-11-17(7)15(5,6)14(16,3)4/h8-9H,1-2,10-13H2,3-7H3. The first-order valence-corrected chi connectivity index (χ1v) is 6.96. The molecule has 1 rings (SSSR count). The number of likely N-dealkylation sites (tertiary alicyclic amines) is 1. The van der Waals surface area contributed by atoms with E-state index in [0.717, 1.165) is 13.0 Å². The Morgan fingerprint density at radius 3 is 1.95 bits per heavy atom. The van der Waals surface area contributed by atoms with Crippen LogP contribution in [0.3, 0.4) is 0 Å². The monoisotopic (exact) mass is 267 g/mol. The van der Waals surface area contributed by atoms with E-state index >= 15 is 0 Å². The van der Waals surface area contributed by atoms with Crippen molar-refractivity contribution in [1.29, 1.82) is 0 Å². The first-order valence-electron chi connectivity index (χ1n) is 6.96. The van der Waals surface area contributed by atoms with Gasteiger partial charge in [-0.15, -0.1) is 13.2 Å². The molecule has 0 aromatic heterocycles. The van der Waals surface area contributed by atoms with E-state index < -0.39 is 5.79 Å². The van der Waals surface area contributed by atoms with Crippen molar-refractivity contribution in [3.8, 4) is 0 Å². The third-order valence-electron chi connectivity index (χ3n) is 5.08.